The van der Waals surface area contributed by atoms with Gasteiger partial charge in [-0.3, -0.25) is 4.98 Å². The van der Waals surface area contributed by atoms with Gasteiger partial charge in [0.1, 0.15) is 0 Å². The van der Waals surface area contributed by atoms with Gasteiger partial charge >= 0.3 is 0 Å². The van der Waals surface area contributed by atoms with Gasteiger partial charge in [-0.2, -0.15) is 0 Å². The van der Waals surface area contributed by atoms with Gasteiger partial charge in [0.2, 0.25) is 0 Å². The van der Waals surface area contributed by atoms with E-state index in [-0.39, 0.29) is 0 Å². The molecule has 0 bridgehead atoms. The molecule has 1 aromatic carbocycles. The summed E-state index contributed by atoms with van der Waals surface area (Å²) >= 11 is 1.75. The van der Waals surface area contributed by atoms with Crippen LogP contribution in [0.1, 0.15) is 21.6 Å². The molecule has 0 saturated carbocycles. The summed E-state index contributed by atoms with van der Waals surface area (Å²) in [5.74, 6) is 0. The van der Waals surface area contributed by atoms with Crippen molar-refractivity contribution in [1.29, 1.82) is 0 Å². The Morgan fingerprint density at radius 1 is 0.667 bits per heavy atom. The first kappa shape index (κ1) is 13.5. The summed E-state index contributed by atoms with van der Waals surface area (Å²) in [6.07, 6.45) is 12.1. The highest BCUT2D eigenvalue weighted by molar-refractivity contribution is 7.10. The number of nitrogens with zero attached hydrogens (tertiary/aromatic N) is 1. The molecule has 2 heterocycles. The Balaban J connectivity index is 1.68. The van der Waals surface area contributed by atoms with Crippen molar-refractivity contribution in [1.82, 2.24) is 4.98 Å². The highest BCUT2D eigenvalue weighted by Crippen LogP contribution is 2.14. The van der Waals surface area contributed by atoms with Crippen LogP contribution < -0.4 is 0 Å². The molecule has 0 atom stereocenters. The smallest absolute Gasteiger partial charge is 0.0273 e. The number of benzene rings is 1. The molecule has 0 spiro atoms. The summed E-state index contributed by atoms with van der Waals surface area (Å²) in [6.45, 7) is 0. The summed E-state index contributed by atoms with van der Waals surface area (Å²) in [7, 11) is 0. The average molecular weight is 289 g/mol. The minimum atomic E-state index is 1.16. The monoisotopic (exact) mass is 289 g/mol. The molecule has 2 heteroatoms. The molecule has 3 rings (SSSR count). The van der Waals surface area contributed by atoms with Crippen molar-refractivity contribution in [3.05, 3.63) is 87.9 Å². The van der Waals surface area contributed by atoms with E-state index in [1.165, 1.54) is 16.0 Å². The Morgan fingerprint density at radius 2 is 1.24 bits per heavy atom. The number of aromatic nitrogens is 1. The van der Waals surface area contributed by atoms with Gasteiger partial charge in [-0.05, 0) is 46.3 Å². The molecule has 0 amide bonds. The fraction of sp³-hybridized carbons (Fsp3) is 0. The lowest BCUT2D eigenvalue weighted by atomic mass is 10.1. The standard InChI is InChI=1S/C19H15NS/c1-2-19(21-15-1)10-9-17-5-3-16(4-6-17)7-8-18-11-13-20-14-12-18/h1-15H/b8-7+,10-9+. The highest BCUT2D eigenvalue weighted by atomic mass is 32.1. The van der Waals surface area contributed by atoms with E-state index >= 15 is 0 Å². The number of hydrogen-bond acceptors (Lipinski definition) is 2. The van der Waals surface area contributed by atoms with Crippen molar-refractivity contribution >= 4 is 35.6 Å². The van der Waals surface area contributed by atoms with E-state index in [2.05, 4.69) is 71.1 Å². The first-order valence-electron chi connectivity index (χ1n) is 6.80. The van der Waals surface area contributed by atoms with Crippen LogP contribution in [0.3, 0.4) is 0 Å². The van der Waals surface area contributed by atoms with Gasteiger partial charge in [-0.15, -0.1) is 11.3 Å². The van der Waals surface area contributed by atoms with Crippen molar-refractivity contribution in [3.8, 4) is 0 Å². The van der Waals surface area contributed by atoms with Crippen LogP contribution in [0, 0.1) is 0 Å². The maximum absolute atomic E-state index is 4.01. The highest BCUT2D eigenvalue weighted by Gasteiger charge is 1.91. The maximum Gasteiger partial charge on any atom is 0.0273 e. The van der Waals surface area contributed by atoms with Crippen LogP contribution in [0.5, 0.6) is 0 Å². The Morgan fingerprint density at radius 3 is 1.81 bits per heavy atom. The van der Waals surface area contributed by atoms with Gasteiger partial charge < -0.3 is 0 Å². The predicted molar refractivity (Wildman–Crippen MR) is 92.9 cm³/mol. The molecular formula is C19H15NS. The van der Waals surface area contributed by atoms with E-state index in [9.17, 15) is 0 Å². The fourth-order valence-corrected chi connectivity index (χ4v) is 2.57. The topological polar surface area (TPSA) is 12.9 Å². The first-order chi connectivity index (χ1) is 10.4. The molecule has 0 radical (unpaired) electrons. The molecule has 102 valence electrons. The fourth-order valence-electron chi connectivity index (χ4n) is 1.95. The summed E-state index contributed by atoms with van der Waals surface area (Å²) in [6, 6.07) is 16.7. The van der Waals surface area contributed by atoms with Crippen molar-refractivity contribution in [2.45, 2.75) is 0 Å². The minimum Gasteiger partial charge on any atom is -0.265 e. The van der Waals surface area contributed by atoms with Crippen LogP contribution in [0.25, 0.3) is 24.3 Å². The summed E-state index contributed by atoms with van der Waals surface area (Å²) < 4.78 is 0. The SMILES string of the molecule is C(=C\c1ccc(/C=C/c2cccs2)cc1)/c1ccncc1. The third-order valence-electron chi connectivity index (χ3n) is 3.09. The quantitative estimate of drug-likeness (QED) is 0.619. The molecule has 0 aliphatic carbocycles. The number of thiophene rings is 1. The third kappa shape index (κ3) is 4.01. The zero-order chi connectivity index (χ0) is 14.3. The lowest BCUT2D eigenvalue weighted by Crippen LogP contribution is -1.75. The van der Waals surface area contributed by atoms with Gasteiger partial charge in [0.15, 0.2) is 0 Å². The summed E-state index contributed by atoms with van der Waals surface area (Å²) in [4.78, 5) is 5.29. The van der Waals surface area contributed by atoms with Crippen LogP contribution in [0.4, 0.5) is 0 Å². The van der Waals surface area contributed by atoms with Gasteiger partial charge in [0.05, 0.1) is 0 Å². The zero-order valence-electron chi connectivity index (χ0n) is 11.5. The summed E-state index contributed by atoms with van der Waals surface area (Å²) in [5, 5.41) is 2.09. The number of rotatable bonds is 4. The van der Waals surface area contributed by atoms with Gasteiger partial charge in [0.25, 0.3) is 0 Å². The Labute approximate surface area is 128 Å². The van der Waals surface area contributed by atoms with Gasteiger partial charge in [0, 0.05) is 17.3 Å². The Hall–Kier alpha value is -2.45. The van der Waals surface area contributed by atoms with E-state index < -0.39 is 0 Å². The molecule has 0 unspecified atom stereocenters. The second-order valence-electron chi connectivity index (χ2n) is 4.63. The van der Waals surface area contributed by atoms with Crippen molar-refractivity contribution in [2.75, 3.05) is 0 Å². The molecule has 0 saturated heterocycles. The molecule has 2 aromatic heterocycles. The molecule has 0 aliphatic heterocycles. The van der Waals surface area contributed by atoms with Gasteiger partial charge in [-0.25, -0.2) is 0 Å². The van der Waals surface area contributed by atoms with Crippen LogP contribution in [0.2, 0.25) is 0 Å². The van der Waals surface area contributed by atoms with Crippen LogP contribution >= 0.6 is 11.3 Å². The molecule has 0 fully saturated rings. The van der Waals surface area contributed by atoms with E-state index in [1.807, 2.05) is 12.1 Å². The molecule has 0 aliphatic rings. The lowest BCUT2D eigenvalue weighted by molar-refractivity contribution is 1.32. The van der Waals surface area contributed by atoms with Crippen molar-refractivity contribution in [3.63, 3.8) is 0 Å². The molecule has 1 nitrogen and oxygen atoms in total. The first-order valence-corrected chi connectivity index (χ1v) is 7.68. The second-order valence-corrected chi connectivity index (χ2v) is 5.61. The Bertz CT molecular complexity index is 723. The largest absolute Gasteiger partial charge is 0.265 e. The van der Waals surface area contributed by atoms with Crippen molar-refractivity contribution < 1.29 is 0 Å². The molecule has 3 aromatic rings. The predicted octanol–water partition coefficient (Wildman–Crippen LogP) is 5.48. The molecular weight excluding hydrogens is 274 g/mol. The van der Waals surface area contributed by atoms with E-state index in [1.54, 1.807) is 23.7 Å². The van der Waals surface area contributed by atoms with E-state index in [0.29, 0.717) is 0 Å². The van der Waals surface area contributed by atoms with E-state index in [4.69, 9.17) is 0 Å². The average Bonchev–Trinajstić information content (AvgIpc) is 3.06. The second kappa shape index (κ2) is 6.82. The molecule has 0 N–H and O–H groups in total. The zero-order valence-corrected chi connectivity index (χ0v) is 12.3. The van der Waals surface area contributed by atoms with Gasteiger partial charge in [-0.1, -0.05) is 48.6 Å². The Kier molecular flexibility index (Phi) is 4.39. The lowest BCUT2D eigenvalue weighted by Gasteiger charge is -1.96. The minimum absolute atomic E-state index is 1.16. The third-order valence-corrected chi connectivity index (χ3v) is 3.93. The van der Waals surface area contributed by atoms with Crippen LogP contribution in [-0.2, 0) is 0 Å². The van der Waals surface area contributed by atoms with E-state index in [0.717, 1.165) is 5.56 Å². The summed E-state index contributed by atoms with van der Waals surface area (Å²) in [5.41, 5.74) is 3.57. The van der Waals surface area contributed by atoms with Crippen LogP contribution in [0.15, 0.2) is 66.3 Å². The normalized spacial score (nSPS) is 11.4. The van der Waals surface area contributed by atoms with Crippen LogP contribution in [-0.4, -0.2) is 4.98 Å². The molecule has 21 heavy (non-hydrogen) atoms. The number of hydrogen-bond donors (Lipinski definition) is 0. The van der Waals surface area contributed by atoms with Crippen molar-refractivity contribution in [2.24, 2.45) is 0 Å². The maximum atomic E-state index is 4.01. The number of pyridine rings is 1.